The number of nitrogens with one attached hydrogen (secondary N) is 1. The van der Waals surface area contributed by atoms with Crippen LogP contribution in [0.25, 0.3) is 0 Å². The molecule has 1 aliphatic carbocycles. The summed E-state index contributed by atoms with van der Waals surface area (Å²) in [6, 6.07) is 12.8. The first-order chi connectivity index (χ1) is 13.1. The minimum atomic E-state index is -0.605. The third-order valence-corrected chi connectivity index (χ3v) is 4.63. The highest BCUT2D eigenvalue weighted by molar-refractivity contribution is 5.92. The highest BCUT2D eigenvalue weighted by Gasteiger charge is 2.22. The minimum absolute atomic E-state index is 0.0435. The molecule has 1 N–H and O–H groups in total. The van der Waals surface area contributed by atoms with Crippen molar-refractivity contribution in [2.45, 2.75) is 25.3 Å². The smallest absolute Gasteiger partial charge is 0.338 e. The number of ether oxygens (including phenoxy) is 3. The van der Waals surface area contributed by atoms with Crippen LogP contribution in [0.4, 0.5) is 0 Å². The predicted octanol–water partition coefficient (Wildman–Crippen LogP) is 3.05. The zero-order chi connectivity index (χ0) is 19.2. The van der Waals surface area contributed by atoms with Crippen molar-refractivity contribution in [1.29, 1.82) is 0 Å². The normalized spacial score (nSPS) is 15.4. The summed E-state index contributed by atoms with van der Waals surface area (Å²) in [5.74, 6) is 0.0282. The molecule has 27 heavy (non-hydrogen) atoms. The van der Waals surface area contributed by atoms with E-state index in [9.17, 15) is 9.59 Å². The summed E-state index contributed by atoms with van der Waals surface area (Å²) in [5, 5.41) is 2.96. The van der Waals surface area contributed by atoms with E-state index in [1.807, 2.05) is 18.2 Å². The molecule has 1 amide bonds. The standard InChI is InChI=1S/C21H23NO5/c1-25-16-10-15(11-17(12-16)26-2)21(24)27-13-20(23)22-19-9-5-7-14-6-3-4-8-18(14)19/h3-4,6,8,10-12,19H,5,7,9,13H2,1-2H3,(H,22,23). The van der Waals surface area contributed by atoms with Gasteiger partial charge in [-0.25, -0.2) is 4.79 Å². The van der Waals surface area contributed by atoms with E-state index < -0.39 is 5.97 Å². The molecule has 1 aliphatic rings. The third-order valence-electron chi connectivity index (χ3n) is 4.63. The second kappa shape index (κ2) is 8.58. The molecular formula is C21H23NO5. The van der Waals surface area contributed by atoms with Gasteiger partial charge in [-0.3, -0.25) is 4.79 Å². The van der Waals surface area contributed by atoms with E-state index in [-0.39, 0.29) is 24.1 Å². The molecule has 0 bridgehead atoms. The second-order valence-electron chi connectivity index (χ2n) is 6.39. The number of methoxy groups -OCH3 is 2. The molecule has 2 aromatic carbocycles. The second-order valence-corrected chi connectivity index (χ2v) is 6.39. The highest BCUT2D eigenvalue weighted by Crippen LogP contribution is 2.29. The molecule has 0 aliphatic heterocycles. The highest BCUT2D eigenvalue weighted by atomic mass is 16.5. The molecular weight excluding hydrogens is 346 g/mol. The maximum atomic E-state index is 12.3. The number of aryl methyl sites for hydroxylation is 1. The number of hydrogen-bond donors (Lipinski definition) is 1. The van der Waals surface area contributed by atoms with Gasteiger partial charge in [-0.15, -0.1) is 0 Å². The summed E-state index contributed by atoms with van der Waals surface area (Å²) >= 11 is 0. The Bertz CT molecular complexity index is 811. The lowest BCUT2D eigenvalue weighted by molar-refractivity contribution is -0.125. The van der Waals surface area contributed by atoms with Gasteiger partial charge in [0, 0.05) is 6.07 Å². The fourth-order valence-corrected chi connectivity index (χ4v) is 3.28. The quantitative estimate of drug-likeness (QED) is 0.792. The van der Waals surface area contributed by atoms with Crippen LogP contribution in [0.3, 0.4) is 0 Å². The van der Waals surface area contributed by atoms with Gasteiger partial charge in [0.2, 0.25) is 0 Å². The van der Waals surface area contributed by atoms with Crippen LogP contribution in [0.2, 0.25) is 0 Å². The average Bonchev–Trinajstić information content (AvgIpc) is 2.71. The van der Waals surface area contributed by atoms with E-state index >= 15 is 0 Å². The first-order valence-corrected chi connectivity index (χ1v) is 8.88. The Morgan fingerprint density at radius 2 is 1.78 bits per heavy atom. The summed E-state index contributed by atoms with van der Waals surface area (Å²) < 4.78 is 15.4. The van der Waals surface area contributed by atoms with E-state index in [2.05, 4.69) is 11.4 Å². The number of rotatable bonds is 6. The Labute approximate surface area is 158 Å². The van der Waals surface area contributed by atoms with Gasteiger partial charge in [-0.1, -0.05) is 24.3 Å². The summed E-state index contributed by atoms with van der Waals surface area (Å²) in [7, 11) is 3.00. The number of carbonyl (C=O) groups is 2. The van der Waals surface area contributed by atoms with Crippen molar-refractivity contribution < 1.29 is 23.8 Å². The molecule has 6 heteroatoms. The Balaban J connectivity index is 1.59. The number of benzene rings is 2. The van der Waals surface area contributed by atoms with Gasteiger partial charge >= 0.3 is 5.97 Å². The maximum absolute atomic E-state index is 12.3. The van der Waals surface area contributed by atoms with Crippen LogP contribution < -0.4 is 14.8 Å². The molecule has 0 heterocycles. The minimum Gasteiger partial charge on any atom is -0.497 e. The van der Waals surface area contributed by atoms with Crippen molar-refractivity contribution in [3.8, 4) is 11.5 Å². The van der Waals surface area contributed by atoms with E-state index in [0.717, 1.165) is 24.8 Å². The summed E-state index contributed by atoms with van der Waals surface area (Å²) in [4.78, 5) is 24.5. The molecule has 0 saturated carbocycles. The number of fused-ring (bicyclic) bond motifs is 1. The molecule has 0 fully saturated rings. The van der Waals surface area contributed by atoms with Gasteiger partial charge in [0.15, 0.2) is 6.61 Å². The molecule has 142 valence electrons. The Morgan fingerprint density at radius 3 is 2.48 bits per heavy atom. The topological polar surface area (TPSA) is 73.9 Å². The zero-order valence-electron chi connectivity index (χ0n) is 15.5. The molecule has 1 unspecified atom stereocenters. The van der Waals surface area contributed by atoms with Crippen LogP contribution in [0.15, 0.2) is 42.5 Å². The van der Waals surface area contributed by atoms with Crippen LogP contribution in [-0.4, -0.2) is 32.7 Å². The van der Waals surface area contributed by atoms with Gasteiger partial charge in [0.25, 0.3) is 5.91 Å². The lowest BCUT2D eigenvalue weighted by Gasteiger charge is -2.26. The van der Waals surface area contributed by atoms with Crippen molar-refractivity contribution in [3.63, 3.8) is 0 Å². The Kier molecular flexibility index (Phi) is 5.96. The van der Waals surface area contributed by atoms with E-state index in [1.165, 1.54) is 19.8 Å². The van der Waals surface area contributed by atoms with Crippen LogP contribution in [0.1, 0.15) is 40.4 Å². The number of esters is 1. The van der Waals surface area contributed by atoms with Crippen LogP contribution >= 0.6 is 0 Å². The third kappa shape index (κ3) is 4.58. The van der Waals surface area contributed by atoms with Gasteiger partial charge in [-0.05, 0) is 42.5 Å². The van der Waals surface area contributed by atoms with Crippen LogP contribution in [0, 0.1) is 0 Å². The number of amides is 1. The van der Waals surface area contributed by atoms with Crippen molar-refractivity contribution in [2.75, 3.05) is 20.8 Å². The number of carbonyl (C=O) groups excluding carboxylic acids is 2. The zero-order valence-corrected chi connectivity index (χ0v) is 15.5. The van der Waals surface area contributed by atoms with E-state index in [1.54, 1.807) is 18.2 Å². The SMILES string of the molecule is COc1cc(OC)cc(C(=O)OCC(=O)NC2CCCc3ccccc32)c1. The molecule has 2 aromatic rings. The predicted molar refractivity (Wildman–Crippen MR) is 100 cm³/mol. The molecule has 0 spiro atoms. The Hall–Kier alpha value is -3.02. The first-order valence-electron chi connectivity index (χ1n) is 8.88. The average molecular weight is 369 g/mol. The van der Waals surface area contributed by atoms with Crippen LogP contribution in [-0.2, 0) is 16.0 Å². The van der Waals surface area contributed by atoms with Gasteiger partial charge in [0.1, 0.15) is 11.5 Å². The largest absolute Gasteiger partial charge is 0.497 e. The van der Waals surface area contributed by atoms with Crippen LogP contribution in [0.5, 0.6) is 11.5 Å². The molecule has 6 nitrogen and oxygen atoms in total. The fourth-order valence-electron chi connectivity index (χ4n) is 3.28. The fraction of sp³-hybridized carbons (Fsp3) is 0.333. The summed E-state index contributed by atoms with van der Waals surface area (Å²) in [6.45, 7) is -0.336. The molecule has 0 radical (unpaired) electrons. The maximum Gasteiger partial charge on any atom is 0.338 e. The van der Waals surface area contributed by atoms with Crippen molar-refractivity contribution >= 4 is 11.9 Å². The van der Waals surface area contributed by atoms with Crippen molar-refractivity contribution in [2.24, 2.45) is 0 Å². The van der Waals surface area contributed by atoms with E-state index in [4.69, 9.17) is 14.2 Å². The summed E-state index contributed by atoms with van der Waals surface area (Å²) in [6.07, 6.45) is 2.92. The van der Waals surface area contributed by atoms with Crippen molar-refractivity contribution in [3.05, 3.63) is 59.2 Å². The molecule has 1 atom stereocenters. The van der Waals surface area contributed by atoms with E-state index in [0.29, 0.717) is 11.5 Å². The van der Waals surface area contributed by atoms with Gasteiger partial charge in [-0.2, -0.15) is 0 Å². The first kappa shape index (κ1) is 18.8. The van der Waals surface area contributed by atoms with Gasteiger partial charge in [0.05, 0.1) is 25.8 Å². The number of hydrogen-bond acceptors (Lipinski definition) is 5. The molecule has 3 rings (SSSR count). The molecule has 0 aromatic heterocycles. The van der Waals surface area contributed by atoms with Crippen molar-refractivity contribution in [1.82, 2.24) is 5.32 Å². The lowest BCUT2D eigenvalue weighted by Crippen LogP contribution is -2.34. The Morgan fingerprint density at radius 1 is 1.07 bits per heavy atom. The summed E-state index contributed by atoms with van der Waals surface area (Å²) in [5.41, 5.74) is 2.66. The van der Waals surface area contributed by atoms with Gasteiger partial charge < -0.3 is 19.5 Å². The molecule has 0 saturated heterocycles. The monoisotopic (exact) mass is 369 g/mol. The lowest BCUT2D eigenvalue weighted by atomic mass is 9.88.